The Morgan fingerprint density at radius 3 is 1.73 bits per heavy atom. The minimum atomic E-state index is 0.143. The first kappa shape index (κ1) is 29.0. The SMILES string of the molecule is CCN(CC)c1ccc(C(c2ccc(N(CC)CC)cc2)c2ccc(NCCCCC3CO3)c3ccccc23)cc1. The second kappa shape index (κ2) is 13.9. The van der Waals surface area contributed by atoms with Crippen LogP contribution in [0.5, 0.6) is 0 Å². The van der Waals surface area contributed by atoms with Crippen molar-refractivity contribution >= 4 is 27.8 Å². The Bertz CT molecular complexity index is 1310. The van der Waals surface area contributed by atoms with Crippen molar-refractivity contribution in [3.63, 3.8) is 0 Å². The van der Waals surface area contributed by atoms with Gasteiger partial charge in [0.25, 0.3) is 0 Å². The molecule has 5 rings (SSSR count). The summed E-state index contributed by atoms with van der Waals surface area (Å²) in [6.45, 7) is 14.9. The maximum Gasteiger partial charge on any atom is 0.0810 e. The van der Waals surface area contributed by atoms with Crippen LogP contribution in [0.2, 0.25) is 0 Å². The quantitative estimate of drug-likeness (QED) is 0.0913. The van der Waals surface area contributed by atoms with Gasteiger partial charge in [-0.15, -0.1) is 0 Å². The van der Waals surface area contributed by atoms with E-state index in [1.54, 1.807) is 0 Å². The van der Waals surface area contributed by atoms with Crippen LogP contribution in [0, 0.1) is 0 Å². The normalized spacial score (nSPS) is 14.4. The number of unbranched alkanes of at least 4 members (excludes halogenated alkanes) is 1. The molecule has 1 N–H and O–H groups in total. The Balaban J connectivity index is 1.51. The molecule has 1 unspecified atom stereocenters. The third-order valence-electron chi connectivity index (χ3n) is 8.65. The van der Waals surface area contributed by atoms with E-state index in [4.69, 9.17) is 4.74 Å². The van der Waals surface area contributed by atoms with Gasteiger partial charge in [0.15, 0.2) is 0 Å². The average Bonchev–Trinajstić information content (AvgIpc) is 3.85. The van der Waals surface area contributed by atoms with E-state index in [2.05, 4.69) is 128 Å². The first-order valence-corrected chi connectivity index (χ1v) is 15.7. The Morgan fingerprint density at radius 1 is 0.683 bits per heavy atom. The smallest absolute Gasteiger partial charge is 0.0810 e. The zero-order valence-corrected chi connectivity index (χ0v) is 25.4. The highest BCUT2D eigenvalue weighted by Crippen LogP contribution is 2.39. The van der Waals surface area contributed by atoms with Gasteiger partial charge < -0.3 is 19.9 Å². The summed E-state index contributed by atoms with van der Waals surface area (Å²) in [5.41, 5.74) is 7.79. The minimum Gasteiger partial charge on any atom is -0.385 e. The molecule has 1 aliphatic heterocycles. The van der Waals surface area contributed by atoms with E-state index in [1.165, 1.54) is 57.4 Å². The van der Waals surface area contributed by atoms with Crippen molar-refractivity contribution in [2.45, 2.75) is 59.0 Å². The Morgan fingerprint density at radius 2 is 1.22 bits per heavy atom. The standard InChI is InChI=1S/C37H47N3O/c1-5-39(6-2)30-20-16-28(17-21-30)37(29-18-22-31(23-19-29)40(7-3)8-4)35-24-25-36(34-15-10-9-14-33(34)35)38-26-12-11-13-32-27-41-32/h9-10,14-25,32,37-38H,5-8,11-13,26-27H2,1-4H3. The summed E-state index contributed by atoms with van der Waals surface area (Å²) in [6, 6.07) is 32.1. The molecule has 0 aromatic heterocycles. The summed E-state index contributed by atoms with van der Waals surface area (Å²) in [7, 11) is 0. The number of anilines is 3. The Kier molecular flexibility index (Phi) is 9.84. The molecule has 4 heteroatoms. The Hall–Kier alpha value is -3.50. The van der Waals surface area contributed by atoms with Crippen molar-refractivity contribution in [1.29, 1.82) is 0 Å². The topological polar surface area (TPSA) is 31.0 Å². The molecule has 216 valence electrons. The van der Waals surface area contributed by atoms with Gasteiger partial charge in [-0.25, -0.2) is 0 Å². The number of benzene rings is 4. The molecule has 0 aliphatic carbocycles. The van der Waals surface area contributed by atoms with E-state index in [-0.39, 0.29) is 5.92 Å². The highest BCUT2D eigenvalue weighted by molar-refractivity contribution is 5.97. The molecule has 1 heterocycles. The Labute approximate surface area is 247 Å². The van der Waals surface area contributed by atoms with Crippen molar-refractivity contribution in [2.75, 3.05) is 54.4 Å². The third-order valence-corrected chi connectivity index (χ3v) is 8.65. The molecule has 0 saturated carbocycles. The van der Waals surface area contributed by atoms with Crippen LogP contribution in [-0.2, 0) is 4.74 Å². The molecule has 4 aromatic rings. The molecule has 1 atom stereocenters. The van der Waals surface area contributed by atoms with Crippen molar-refractivity contribution in [3.8, 4) is 0 Å². The molecule has 1 saturated heterocycles. The molecule has 0 bridgehead atoms. The predicted molar refractivity (Wildman–Crippen MR) is 177 cm³/mol. The molecule has 0 spiro atoms. The molecular weight excluding hydrogens is 502 g/mol. The fourth-order valence-electron chi connectivity index (χ4n) is 6.17. The van der Waals surface area contributed by atoms with Crippen LogP contribution in [0.3, 0.4) is 0 Å². The lowest BCUT2D eigenvalue weighted by Gasteiger charge is -2.26. The highest BCUT2D eigenvalue weighted by Gasteiger charge is 2.22. The van der Waals surface area contributed by atoms with E-state index in [9.17, 15) is 0 Å². The lowest BCUT2D eigenvalue weighted by atomic mass is 9.82. The van der Waals surface area contributed by atoms with Crippen LogP contribution in [0.25, 0.3) is 10.8 Å². The molecule has 0 amide bonds. The number of hydrogen-bond acceptors (Lipinski definition) is 4. The average molecular weight is 550 g/mol. The van der Waals surface area contributed by atoms with Crippen LogP contribution in [-0.4, -0.2) is 45.4 Å². The second-order valence-electron chi connectivity index (χ2n) is 11.1. The molecule has 4 aromatic carbocycles. The molecular formula is C37H47N3O. The van der Waals surface area contributed by atoms with E-state index in [1.807, 2.05) is 0 Å². The van der Waals surface area contributed by atoms with Gasteiger partial charge >= 0.3 is 0 Å². The van der Waals surface area contributed by atoms with Crippen molar-refractivity contribution in [1.82, 2.24) is 0 Å². The maximum atomic E-state index is 5.37. The number of epoxide rings is 1. The lowest BCUT2D eigenvalue weighted by Crippen LogP contribution is -2.22. The van der Waals surface area contributed by atoms with Crippen LogP contribution in [0.4, 0.5) is 17.1 Å². The molecule has 0 radical (unpaired) electrons. The molecule has 1 fully saturated rings. The van der Waals surface area contributed by atoms with E-state index in [0.717, 1.165) is 45.8 Å². The minimum absolute atomic E-state index is 0.143. The largest absolute Gasteiger partial charge is 0.385 e. The fourth-order valence-corrected chi connectivity index (χ4v) is 6.17. The van der Waals surface area contributed by atoms with Crippen LogP contribution < -0.4 is 15.1 Å². The van der Waals surface area contributed by atoms with Crippen molar-refractivity contribution in [2.24, 2.45) is 0 Å². The lowest BCUT2D eigenvalue weighted by molar-refractivity contribution is 0.390. The number of nitrogens with one attached hydrogen (secondary N) is 1. The summed E-state index contributed by atoms with van der Waals surface area (Å²) >= 11 is 0. The summed E-state index contributed by atoms with van der Waals surface area (Å²) in [4.78, 5) is 4.82. The summed E-state index contributed by atoms with van der Waals surface area (Å²) in [5, 5.41) is 6.35. The van der Waals surface area contributed by atoms with E-state index < -0.39 is 0 Å². The van der Waals surface area contributed by atoms with Gasteiger partial charge in [0.2, 0.25) is 0 Å². The number of rotatable bonds is 15. The van der Waals surface area contributed by atoms with E-state index in [0.29, 0.717) is 6.10 Å². The molecule has 41 heavy (non-hydrogen) atoms. The monoisotopic (exact) mass is 549 g/mol. The number of ether oxygens (including phenoxy) is 1. The zero-order chi connectivity index (χ0) is 28.6. The first-order valence-electron chi connectivity index (χ1n) is 15.7. The summed E-state index contributed by atoms with van der Waals surface area (Å²) < 4.78 is 5.37. The number of fused-ring (bicyclic) bond motifs is 1. The van der Waals surface area contributed by atoms with Gasteiger partial charge in [-0.2, -0.15) is 0 Å². The van der Waals surface area contributed by atoms with Gasteiger partial charge in [0.05, 0.1) is 12.7 Å². The van der Waals surface area contributed by atoms with Gasteiger partial charge in [-0.05, 0) is 99.4 Å². The zero-order valence-electron chi connectivity index (χ0n) is 25.4. The van der Waals surface area contributed by atoms with Crippen LogP contribution in [0.1, 0.15) is 69.6 Å². The van der Waals surface area contributed by atoms with Crippen molar-refractivity contribution < 1.29 is 4.74 Å². The first-order chi connectivity index (χ1) is 20.2. The predicted octanol–water partition coefficient (Wildman–Crippen LogP) is 8.69. The van der Waals surface area contributed by atoms with Gasteiger partial charge in [0.1, 0.15) is 0 Å². The van der Waals surface area contributed by atoms with Crippen LogP contribution >= 0.6 is 0 Å². The summed E-state index contributed by atoms with van der Waals surface area (Å²) in [5.74, 6) is 0.143. The van der Waals surface area contributed by atoms with E-state index >= 15 is 0 Å². The second-order valence-corrected chi connectivity index (χ2v) is 11.1. The third kappa shape index (κ3) is 6.87. The number of nitrogens with zero attached hydrogens (tertiary/aromatic N) is 2. The highest BCUT2D eigenvalue weighted by atomic mass is 16.6. The van der Waals surface area contributed by atoms with Gasteiger partial charge in [-0.3, -0.25) is 0 Å². The van der Waals surface area contributed by atoms with Gasteiger partial charge in [0, 0.05) is 61.1 Å². The molecule has 4 nitrogen and oxygen atoms in total. The molecule has 1 aliphatic rings. The summed E-state index contributed by atoms with van der Waals surface area (Å²) in [6.07, 6.45) is 4.08. The van der Waals surface area contributed by atoms with Crippen LogP contribution in [0.15, 0.2) is 84.9 Å². The maximum absolute atomic E-state index is 5.37. The number of hydrogen-bond donors (Lipinski definition) is 1. The fraction of sp³-hybridized carbons (Fsp3) is 0.405. The van der Waals surface area contributed by atoms with Crippen molar-refractivity contribution in [3.05, 3.63) is 102 Å². The van der Waals surface area contributed by atoms with Gasteiger partial charge in [-0.1, -0.05) is 54.6 Å².